The van der Waals surface area contributed by atoms with Crippen LogP contribution >= 0.6 is 0 Å². The van der Waals surface area contributed by atoms with Crippen LogP contribution in [-0.2, 0) is 22.1 Å². The second-order valence-corrected chi connectivity index (χ2v) is 6.09. The largest absolute Gasteiger partial charge is 0.361 e. The summed E-state index contributed by atoms with van der Waals surface area (Å²) in [4.78, 5) is 4.02. The number of aromatic amines is 1. The first kappa shape index (κ1) is 8.81. The van der Waals surface area contributed by atoms with Gasteiger partial charge in [-0.15, -0.1) is 0 Å². The van der Waals surface area contributed by atoms with E-state index >= 15 is 0 Å². The van der Waals surface area contributed by atoms with Gasteiger partial charge in [-0.2, -0.15) is 0 Å². The van der Waals surface area contributed by atoms with Crippen molar-refractivity contribution in [2.24, 2.45) is 0 Å². The third-order valence-corrected chi connectivity index (χ3v) is 3.95. The van der Waals surface area contributed by atoms with Crippen LogP contribution < -0.4 is 4.72 Å². The first-order valence-electron chi connectivity index (χ1n) is 9.07. The molecule has 20 heavy (non-hydrogen) atoms. The molecule has 0 atom stereocenters. The van der Waals surface area contributed by atoms with Crippen molar-refractivity contribution in [1.82, 2.24) is 14.6 Å². The molecule has 0 bridgehead atoms. The monoisotopic (exact) mass is 301 g/mol. The minimum atomic E-state index is -4.23. The Morgan fingerprint density at radius 2 is 2.35 bits per heavy atom. The highest BCUT2D eigenvalue weighted by atomic mass is 32.2. The molecule has 0 amide bonds. The summed E-state index contributed by atoms with van der Waals surface area (Å²) in [6.45, 7) is -2.08. The first-order chi connectivity index (χ1) is 11.8. The van der Waals surface area contributed by atoms with E-state index in [0.717, 1.165) is 7.05 Å². The molecule has 0 aliphatic rings. The molecule has 5 nitrogen and oxygen atoms in total. The van der Waals surface area contributed by atoms with Gasteiger partial charge in [0.05, 0.1) is 7.08 Å². The van der Waals surface area contributed by atoms with Crippen LogP contribution in [0.2, 0.25) is 0 Å². The predicted octanol–water partition coefficient (Wildman–Crippen LogP) is 1.32. The highest BCUT2D eigenvalue weighted by Crippen LogP contribution is 2.21. The van der Waals surface area contributed by atoms with E-state index in [9.17, 15) is 8.42 Å². The van der Waals surface area contributed by atoms with Gasteiger partial charge in [-0.1, -0.05) is 6.07 Å². The summed E-state index contributed by atoms with van der Waals surface area (Å²) in [6, 6.07) is 4.26. The van der Waals surface area contributed by atoms with E-state index < -0.39 is 22.7 Å². The Morgan fingerprint density at radius 1 is 1.55 bits per heavy atom. The number of sulfonamides is 1. The summed E-state index contributed by atoms with van der Waals surface area (Å²) in [5.41, 5.74) is -1.65. The van der Waals surface area contributed by atoms with Crippen molar-refractivity contribution in [2.45, 2.75) is 12.1 Å². The van der Waals surface area contributed by atoms with E-state index in [-0.39, 0.29) is 24.7 Å². The molecule has 1 aromatic heterocycles. The summed E-state index contributed by atoms with van der Waals surface area (Å²) in [7, 11) is -1.63. The number of likely N-dealkylation sites (N-methyl/N-ethyl adjacent to an activating group) is 1. The topological polar surface area (TPSA) is 65.2 Å². The van der Waals surface area contributed by atoms with Crippen molar-refractivity contribution < 1.29 is 16.6 Å². The summed E-state index contributed by atoms with van der Waals surface area (Å²) in [5, 5.41) is 0.501. The Balaban J connectivity index is 2.46. The van der Waals surface area contributed by atoms with Gasteiger partial charge in [-0.25, -0.2) is 13.1 Å². The molecule has 6 heteroatoms. The number of aromatic nitrogens is 1. The van der Waals surface area contributed by atoms with E-state index in [4.69, 9.17) is 8.22 Å². The predicted molar refractivity (Wildman–Crippen MR) is 82.2 cm³/mol. The van der Waals surface area contributed by atoms with Crippen LogP contribution in [0.25, 0.3) is 10.9 Å². The second kappa shape index (κ2) is 5.95. The van der Waals surface area contributed by atoms with Gasteiger partial charge < -0.3 is 9.88 Å². The maximum Gasteiger partial charge on any atom is 0.215 e. The Morgan fingerprint density at radius 3 is 3.05 bits per heavy atom. The molecule has 2 rings (SSSR count). The fourth-order valence-electron chi connectivity index (χ4n) is 1.86. The van der Waals surface area contributed by atoms with Crippen LogP contribution in [0.1, 0.15) is 19.4 Å². The number of nitrogens with one attached hydrogen (secondary N) is 2. The SMILES string of the molecule is [2H]c1[nH]c2ccc(C([2H])([2H])S(=O)(=O)NC)cc2c1CCN(C)C([2H])([2H])[2H]. The Kier molecular flexibility index (Phi) is 2.62. The quantitative estimate of drug-likeness (QED) is 0.846. The maximum absolute atomic E-state index is 12.0. The zero-order valence-corrected chi connectivity index (χ0v) is 12.1. The standard InChI is InChI=1S/C14H21N3O2S/c1-15-20(18,19)10-11-4-5-14-13(8-11)12(9-16-14)6-7-17(2)3/h4-5,8-9,15-16H,6-7,10H2,1-3H3/i2D3,9D,10D2. The zero-order valence-electron chi connectivity index (χ0n) is 17.3. The van der Waals surface area contributed by atoms with Crippen LogP contribution in [0, 0.1) is 0 Å². The maximum atomic E-state index is 12.0. The van der Waals surface area contributed by atoms with Gasteiger partial charge in [0.2, 0.25) is 10.0 Å². The highest BCUT2D eigenvalue weighted by Gasteiger charge is 2.11. The number of H-pyrrole nitrogens is 1. The van der Waals surface area contributed by atoms with Crippen LogP contribution in [-0.4, -0.2) is 45.9 Å². The molecule has 0 unspecified atom stereocenters. The van der Waals surface area contributed by atoms with Crippen molar-refractivity contribution >= 4 is 20.9 Å². The smallest absolute Gasteiger partial charge is 0.215 e. The van der Waals surface area contributed by atoms with Gasteiger partial charge in [0.1, 0.15) is 0 Å². The number of rotatable bonds is 6. The number of nitrogens with zero attached hydrogens (tertiary/aromatic N) is 1. The van der Waals surface area contributed by atoms with Gasteiger partial charge in [-0.05, 0) is 50.8 Å². The van der Waals surface area contributed by atoms with Gasteiger partial charge >= 0.3 is 0 Å². The lowest BCUT2D eigenvalue weighted by Gasteiger charge is -2.08. The third kappa shape index (κ3) is 3.59. The Bertz CT molecular complexity index is 907. The molecule has 0 aliphatic carbocycles. The van der Waals surface area contributed by atoms with Crippen LogP contribution in [0.4, 0.5) is 0 Å². The third-order valence-electron chi connectivity index (χ3n) is 2.91. The normalized spacial score (nSPS) is 18.1. The van der Waals surface area contributed by atoms with Crippen LogP contribution in [0.3, 0.4) is 0 Å². The molecule has 2 aromatic rings. The molecule has 110 valence electrons. The summed E-state index contributed by atoms with van der Waals surface area (Å²) >= 11 is 0. The lowest BCUT2D eigenvalue weighted by atomic mass is 10.1. The molecule has 0 spiro atoms. The lowest BCUT2D eigenvalue weighted by molar-refractivity contribution is 0.414. The van der Waals surface area contributed by atoms with Crippen molar-refractivity contribution in [3.05, 3.63) is 35.5 Å². The average molecular weight is 301 g/mol. The molecular formula is C14H21N3O2S. The summed E-state index contributed by atoms with van der Waals surface area (Å²) in [6.07, 6.45) is 0.340. The summed E-state index contributed by atoms with van der Waals surface area (Å²) < 4.78 is 72.0. The number of fused-ring (bicyclic) bond motifs is 1. The molecular weight excluding hydrogens is 274 g/mol. The van der Waals surface area contributed by atoms with E-state index in [2.05, 4.69) is 4.98 Å². The van der Waals surface area contributed by atoms with E-state index in [1.54, 1.807) is 0 Å². The molecule has 0 radical (unpaired) electrons. The molecule has 0 saturated heterocycles. The number of benzene rings is 1. The minimum absolute atomic E-state index is 0.0659. The highest BCUT2D eigenvalue weighted by molar-refractivity contribution is 7.88. The van der Waals surface area contributed by atoms with Crippen LogP contribution in [0.15, 0.2) is 24.4 Å². The van der Waals surface area contributed by atoms with Crippen molar-refractivity contribution in [1.29, 1.82) is 0 Å². The van der Waals surface area contributed by atoms with E-state index in [0.29, 0.717) is 16.5 Å². The van der Waals surface area contributed by atoms with E-state index in [1.165, 1.54) is 30.1 Å². The fraction of sp³-hybridized carbons (Fsp3) is 0.429. The molecule has 0 aliphatic heterocycles. The molecule has 1 aromatic carbocycles. The summed E-state index contributed by atoms with van der Waals surface area (Å²) in [5.74, 6) is 0. The minimum Gasteiger partial charge on any atom is -0.361 e. The molecule has 0 fully saturated rings. The van der Waals surface area contributed by atoms with Crippen molar-refractivity contribution in [3.63, 3.8) is 0 Å². The first-order valence-corrected chi connectivity index (χ1v) is 7.55. The van der Waals surface area contributed by atoms with Gasteiger partial charge in [-0.3, -0.25) is 0 Å². The number of hydrogen-bond acceptors (Lipinski definition) is 3. The van der Waals surface area contributed by atoms with Gasteiger partial charge in [0.25, 0.3) is 0 Å². The zero-order chi connectivity index (χ0) is 19.9. The second-order valence-electron chi connectivity index (χ2n) is 4.47. The Labute approximate surface area is 128 Å². The number of hydrogen-bond donors (Lipinski definition) is 2. The van der Waals surface area contributed by atoms with Crippen molar-refractivity contribution in [2.75, 3.05) is 27.6 Å². The Hall–Kier alpha value is -1.37. The lowest BCUT2D eigenvalue weighted by Crippen LogP contribution is -2.20. The average Bonchev–Trinajstić information content (AvgIpc) is 2.85. The van der Waals surface area contributed by atoms with Gasteiger partial charge in [0.15, 0.2) is 0 Å². The molecule has 2 N–H and O–H groups in total. The molecule has 1 heterocycles. The van der Waals surface area contributed by atoms with Crippen molar-refractivity contribution in [3.8, 4) is 0 Å². The van der Waals surface area contributed by atoms with Gasteiger partial charge in [0, 0.05) is 30.5 Å². The van der Waals surface area contributed by atoms with Crippen LogP contribution in [0.5, 0.6) is 0 Å². The van der Waals surface area contributed by atoms with E-state index in [1.807, 2.05) is 4.72 Å². The fourth-order valence-corrected chi connectivity index (χ4v) is 2.40. The molecule has 0 saturated carbocycles.